The van der Waals surface area contributed by atoms with Crippen LogP contribution in [-0.2, 0) is 0 Å². The average molecular weight is 288 g/mol. The Hall–Kier alpha value is -2.14. The Morgan fingerprint density at radius 3 is 2.76 bits per heavy atom. The maximum atomic E-state index is 10.9. The van der Waals surface area contributed by atoms with E-state index in [9.17, 15) is 10.1 Å². The highest BCUT2D eigenvalue weighted by atomic mass is 16.6. The number of benzene rings is 1. The number of non-ortho nitro benzene ring substituents is 1. The van der Waals surface area contributed by atoms with Crippen LogP contribution in [0, 0.1) is 10.1 Å². The van der Waals surface area contributed by atoms with E-state index in [1.54, 1.807) is 18.4 Å². The summed E-state index contributed by atoms with van der Waals surface area (Å²) < 4.78 is 5.40. The van der Waals surface area contributed by atoms with E-state index in [4.69, 9.17) is 4.42 Å². The number of nitrogens with zero attached hydrogens (tertiary/aromatic N) is 1. The van der Waals surface area contributed by atoms with Crippen LogP contribution in [0.3, 0.4) is 0 Å². The molecule has 2 rings (SSSR count). The first-order chi connectivity index (χ1) is 10.1. The third-order valence-electron chi connectivity index (χ3n) is 3.48. The number of hydrogen-bond acceptors (Lipinski definition) is 4. The Bertz CT molecular complexity index is 581. The molecular formula is C16H20N2O3. The topological polar surface area (TPSA) is 68.3 Å². The predicted molar refractivity (Wildman–Crippen MR) is 81.0 cm³/mol. The Morgan fingerprint density at radius 2 is 2.14 bits per heavy atom. The second-order valence-electron chi connectivity index (χ2n) is 5.10. The molecule has 0 aliphatic heterocycles. The Balaban J connectivity index is 2.18. The summed E-state index contributed by atoms with van der Waals surface area (Å²) in [5.74, 6) is 0.863. The minimum Gasteiger partial charge on any atom is -0.468 e. The van der Waals surface area contributed by atoms with Gasteiger partial charge in [-0.3, -0.25) is 10.1 Å². The third-order valence-corrected chi connectivity index (χ3v) is 3.48. The molecule has 1 N–H and O–H groups in total. The van der Waals surface area contributed by atoms with Crippen molar-refractivity contribution in [1.29, 1.82) is 0 Å². The van der Waals surface area contributed by atoms with E-state index >= 15 is 0 Å². The van der Waals surface area contributed by atoms with Crippen molar-refractivity contribution in [3.8, 4) is 0 Å². The van der Waals surface area contributed by atoms with Gasteiger partial charge in [-0.25, -0.2) is 0 Å². The van der Waals surface area contributed by atoms with Gasteiger partial charge < -0.3 is 9.73 Å². The minimum absolute atomic E-state index is 0.0517. The summed E-state index contributed by atoms with van der Waals surface area (Å²) in [6.45, 7) is 4.13. The van der Waals surface area contributed by atoms with Crippen molar-refractivity contribution in [2.75, 3.05) is 0 Å². The number of nitro groups is 1. The van der Waals surface area contributed by atoms with Crippen LogP contribution in [0.1, 0.15) is 50.1 Å². The predicted octanol–water partition coefficient (Wildman–Crippen LogP) is 4.38. The van der Waals surface area contributed by atoms with Crippen molar-refractivity contribution in [1.82, 2.24) is 5.32 Å². The van der Waals surface area contributed by atoms with Gasteiger partial charge in [-0.2, -0.15) is 0 Å². The average Bonchev–Trinajstić information content (AvgIpc) is 3.01. The monoisotopic (exact) mass is 288 g/mol. The third kappa shape index (κ3) is 3.92. The molecule has 0 saturated heterocycles. The molecule has 2 aromatic rings. The normalized spacial score (nSPS) is 13.8. The first-order valence-corrected chi connectivity index (χ1v) is 7.15. The molecule has 0 fully saturated rings. The summed E-state index contributed by atoms with van der Waals surface area (Å²) in [6.07, 6.45) is 3.55. The van der Waals surface area contributed by atoms with Gasteiger partial charge in [0.25, 0.3) is 5.69 Å². The summed E-state index contributed by atoms with van der Waals surface area (Å²) in [4.78, 5) is 10.6. The molecular weight excluding hydrogens is 268 g/mol. The molecule has 0 bridgehead atoms. The second-order valence-corrected chi connectivity index (χ2v) is 5.10. The van der Waals surface area contributed by atoms with Crippen molar-refractivity contribution in [3.05, 3.63) is 64.1 Å². The van der Waals surface area contributed by atoms with Crippen LogP contribution in [0.2, 0.25) is 0 Å². The van der Waals surface area contributed by atoms with E-state index in [0.29, 0.717) is 0 Å². The molecule has 0 saturated carbocycles. The Kier molecular flexibility index (Phi) is 5.11. The molecule has 1 aromatic carbocycles. The van der Waals surface area contributed by atoms with Gasteiger partial charge in [0.05, 0.1) is 17.2 Å². The first-order valence-electron chi connectivity index (χ1n) is 7.15. The number of hydrogen-bond donors (Lipinski definition) is 1. The molecule has 112 valence electrons. The van der Waals surface area contributed by atoms with Gasteiger partial charge in [0.2, 0.25) is 0 Å². The molecule has 0 aliphatic carbocycles. The second kappa shape index (κ2) is 7.04. The van der Waals surface area contributed by atoms with Crippen LogP contribution in [0.15, 0.2) is 47.1 Å². The van der Waals surface area contributed by atoms with Gasteiger partial charge >= 0.3 is 0 Å². The SMILES string of the molecule is CCCC(N[C@@H](C)c1ccco1)c1cccc([N+](=O)[O-])c1. The maximum absolute atomic E-state index is 10.9. The fraction of sp³-hybridized carbons (Fsp3) is 0.375. The summed E-state index contributed by atoms with van der Waals surface area (Å²) in [7, 11) is 0. The molecule has 2 atom stereocenters. The molecule has 0 spiro atoms. The lowest BCUT2D eigenvalue weighted by Crippen LogP contribution is -2.24. The van der Waals surface area contributed by atoms with Crippen LogP contribution >= 0.6 is 0 Å². The van der Waals surface area contributed by atoms with Crippen molar-refractivity contribution >= 4 is 5.69 Å². The van der Waals surface area contributed by atoms with Crippen molar-refractivity contribution in [2.45, 2.75) is 38.8 Å². The van der Waals surface area contributed by atoms with Crippen LogP contribution < -0.4 is 5.32 Å². The van der Waals surface area contributed by atoms with Gasteiger partial charge in [-0.05, 0) is 31.0 Å². The van der Waals surface area contributed by atoms with E-state index in [0.717, 1.165) is 24.2 Å². The molecule has 0 radical (unpaired) electrons. The van der Waals surface area contributed by atoms with E-state index in [1.165, 1.54) is 6.07 Å². The lowest BCUT2D eigenvalue weighted by Gasteiger charge is -2.22. The first kappa shape index (κ1) is 15.3. The molecule has 21 heavy (non-hydrogen) atoms. The number of nitrogens with one attached hydrogen (secondary N) is 1. The largest absolute Gasteiger partial charge is 0.468 e. The zero-order chi connectivity index (χ0) is 15.2. The molecule has 5 heteroatoms. The van der Waals surface area contributed by atoms with Crippen molar-refractivity contribution in [3.63, 3.8) is 0 Å². The standard InChI is InChI=1S/C16H20N2O3/c1-3-6-15(17-12(2)16-9-5-10-21-16)13-7-4-8-14(11-13)18(19)20/h4-5,7-12,15,17H,3,6H2,1-2H3/t12-,15?/m0/s1. The van der Waals surface area contributed by atoms with E-state index in [2.05, 4.69) is 12.2 Å². The van der Waals surface area contributed by atoms with Crippen LogP contribution in [0.25, 0.3) is 0 Å². The molecule has 0 amide bonds. The Morgan fingerprint density at radius 1 is 1.33 bits per heavy atom. The molecule has 1 unspecified atom stereocenters. The van der Waals surface area contributed by atoms with Crippen LogP contribution in [0.5, 0.6) is 0 Å². The minimum atomic E-state index is -0.359. The summed E-state index contributed by atoms with van der Waals surface area (Å²) in [5, 5.41) is 14.4. The fourth-order valence-corrected chi connectivity index (χ4v) is 2.41. The van der Waals surface area contributed by atoms with Gasteiger partial charge in [0.1, 0.15) is 5.76 Å². The molecule has 1 heterocycles. The quantitative estimate of drug-likeness (QED) is 0.606. The highest BCUT2D eigenvalue weighted by molar-refractivity contribution is 5.36. The highest BCUT2D eigenvalue weighted by Gasteiger charge is 2.18. The summed E-state index contributed by atoms with van der Waals surface area (Å²) in [5.41, 5.74) is 1.06. The van der Waals surface area contributed by atoms with Gasteiger partial charge in [-0.15, -0.1) is 0 Å². The smallest absolute Gasteiger partial charge is 0.269 e. The van der Waals surface area contributed by atoms with Crippen molar-refractivity contribution in [2.24, 2.45) is 0 Å². The van der Waals surface area contributed by atoms with E-state index < -0.39 is 0 Å². The Labute approximate surface area is 124 Å². The van der Waals surface area contributed by atoms with Crippen LogP contribution in [-0.4, -0.2) is 4.92 Å². The zero-order valence-corrected chi connectivity index (χ0v) is 12.3. The lowest BCUT2D eigenvalue weighted by molar-refractivity contribution is -0.384. The summed E-state index contributed by atoms with van der Waals surface area (Å²) in [6, 6.07) is 10.7. The fourth-order valence-electron chi connectivity index (χ4n) is 2.41. The highest BCUT2D eigenvalue weighted by Crippen LogP contribution is 2.26. The summed E-state index contributed by atoms with van der Waals surface area (Å²) >= 11 is 0. The number of nitro benzene ring substituents is 1. The van der Waals surface area contributed by atoms with Gasteiger partial charge in [0, 0.05) is 18.2 Å². The zero-order valence-electron chi connectivity index (χ0n) is 12.3. The number of rotatable bonds is 7. The lowest BCUT2D eigenvalue weighted by atomic mass is 10.0. The van der Waals surface area contributed by atoms with Crippen molar-refractivity contribution < 1.29 is 9.34 Å². The van der Waals surface area contributed by atoms with Gasteiger partial charge in [-0.1, -0.05) is 25.5 Å². The van der Waals surface area contributed by atoms with Crippen LogP contribution in [0.4, 0.5) is 5.69 Å². The maximum Gasteiger partial charge on any atom is 0.269 e. The van der Waals surface area contributed by atoms with Gasteiger partial charge in [0.15, 0.2) is 0 Å². The van der Waals surface area contributed by atoms with E-state index in [1.807, 2.05) is 25.1 Å². The molecule has 5 nitrogen and oxygen atoms in total. The molecule has 1 aromatic heterocycles. The molecule has 0 aliphatic rings. The number of furan rings is 1. The van der Waals surface area contributed by atoms with E-state index in [-0.39, 0.29) is 22.7 Å².